The van der Waals surface area contributed by atoms with E-state index in [0.29, 0.717) is 0 Å². The van der Waals surface area contributed by atoms with Gasteiger partial charge in [-0.25, -0.2) is 9.78 Å². The second-order valence-corrected chi connectivity index (χ2v) is 5.94. The Bertz CT molecular complexity index is 453. The fourth-order valence-electron chi connectivity index (χ4n) is 2.48. The second-order valence-electron chi connectivity index (χ2n) is 5.94. The van der Waals surface area contributed by atoms with Crippen LogP contribution in [-0.4, -0.2) is 34.0 Å². The number of rotatable bonds is 7. The highest BCUT2D eigenvalue weighted by atomic mass is 16.4. The molecule has 2 aliphatic rings. The predicted octanol–water partition coefficient (Wildman–Crippen LogP) is 2.40. The number of aromatic carboxylic acids is 1. The summed E-state index contributed by atoms with van der Waals surface area (Å²) in [5.74, 6) is 0.803. The normalized spacial score (nSPS) is 18.8. The van der Waals surface area contributed by atoms with Crippen LogP contribution < -0.4 is 0 Å². The molecule has 1 N–H and O–H groups in total. The van der Waals surface area contributed by atoms with Crippen LogP contribution in [0.5, 0.6) is 0 Å². The molecule has 4 nitrogen and oxygen atoms in total. The van der Waals surface area contributed by atoms with Crippen LogP contribution in [-0.2, 0) is 6.54 Å². The molecule has 2 fully saturated rings. The van der Waals surface area contributed by atoms with Crippen molar-refractivity contribution in [3.05, 3.63) is 29.6 Å². The van der Waals surface area contributed by atoms with Gasteiger partial charge >= 0.3 is 5.97 Å². The minimum atomic E-state index is -0.946. The zero-order valence-electron chi connectivity index (χ0n) is 11.1. The smallest absolute Gasteiger partial charge is 0.354 e. The van der Waals surface area contributed by atoms with E-state index < -0.39 is 5.97 Å². The number of pyridine rings is 1. The maximum Gasteiger partial charge on any atom is 0.354 e. The zero-order valence-corrected chi connectivity index (χ0v) is 11.1. The fraction of sp³-hybridized carbons (Fsp3) is 0.600. The van der Waals surface area contributed by atoms with E-state index in [4.69, 9.17) is 5.11 Å². The summed E-state index contributed by atoms with van der Waals surface area (Å²) in [4.78, 5) is 17.3. The van der Waals surface area contributed by atoms with Crippen molar-refractivity contribution < 1.29 is 9.90 Å². The van der Waals surface area contributed by atoms with Gasteiger partial charge < -0.3 is 5.11 Å². The summed E-state index contributed by atoms with van der Waals surface area (Å²) in [6.45, 7) is 3.19. The van der Waals surface area contributed by atoms with Gasteiger partial charge in [-0.05, 0) is 55.2 Å². The highest BCUT2D eigenvalue weighted by molar-refractivity contribution is 5.85. The minimum Gasteiger partial charge on any atom is -0.477 e. The maximum absolute atomic E-state index is 10.9. The summed E-state index contributed by atoms with van der Waals surface area (Å²) in [5, 5.41) is 8.98. The Hall–Kier alpha value is -1.42. The van der Waals surface area contributed by atoms with Gasteiger partial charge in [0.05, 0.1) is 0 Å². The van der Waals surface area contributed by atoms with Crippen LogP contribution in [0.3, 0.4) is 0 Å². The molecule has 2 saturated carbocycles. The molecule has 0 atom stereocenters. The molecule has 2 aliphatic carbocycles. The first-order valence-electron chi connectivity index (χ1n) is 7.11. The van der Waals surface area contributed by atoms with E-state index in [9.17, 15) is 4.79 Å². The molecular weight excluding hydrogens is 240 g/mol. The van der Waals surface area contributed by atoms with E-state index in [1.165, 1.54) is 38.8 Å². The molecule has 0 aromatic carbocycles. The summed E-state index contributed by atoms with van der Waals surface area (Å²) in [6.07, 6.45) is 7.04. The minimum absolute atomic E-state index is 0.148. The molecule has 3 rings (SSSR count). The average molecular weight is 260 g/mol. The average Bonchev–Trinajstić information content (AvgIpc) is 3.25. The first-order chi connectivity index (χ1) is 9.20. The van der Waals surface area contributed by atoms with Crippen LogP contribution in [0.1, 0.15) is 41.7 Å². The first-order valence-corrected chi connectivity index (χ1v) is 7.11. The zero-order chi connectivity index (χ0) is 13.2. The van der Waals surface area contributed by atoms with Gasteiger partial charge in [0.1, 0.15) is 5.69 Å². The summed E-state index contributed by atoms with van der Waals surface area (Å²) in [6, 6.07) is 3.63. The standard InChI is InChI=1S/C15H20N2O2/c18-15(19)14-7-13(5-6-16-14)10-17(8-11-1-2-11)9-12-3-4-12/h5-7,11-12H,1-4,8-10H2,(H,18,19). The van der Waals surface area contributed by atoms with Gasteiger partial charge in [0.2, 0.25) is 0 Å². The van der Waals surface area contributed by atoms with E-state index >= 15 is 0 Å². The van der Waals surface area contributed by atoms with Crippen molar-refractivity contribution in [2.24, 2.45) is 11.8 Å². The molecular formula is C15H20N2O2. The van der Waals surface area contributed by atoms with Crippen LogP contribution in [0.15, 0.2) is 18.3 Å². The third kappa shape index (κ3) is 3.77. The Morgan fingerprint density at radius 3 is 2.42 bits per heavy atom. The Kier molecular flexibility index (Phi) is 3.51. The molecule has 4 heteroatoms. The van der Waals surface area contributed by atoms with Gasteiger partial charge in [0.25, 0.3) is 0 Å². The molecule has 1 aromatic heterocycles. The third-order valence-electron chi connectivity index (χ3n) is 3.88. The summed E-state index contributed by atoms with van der Waals surface area (Å²) in [5.41, 5.74) is 1.21. The van der Waals surface area contributed by atoms with Crippen molar-refractivity contribution in [1.29, 1.82) is 0 Å². The second kappa shape index (κ2) is 5.29. The van der Waals surface area contributed by atoms with Crippen LogP contribution in [0, 0.1) is 11.8 Å². The van der Waals surface area contributed by atoms with Crippen molar-refractivity contribution >= 4 is 5.97 Å². The lowest BCUT2D eigenvalue weighted by Gasteiger charge is -2.22. The summed E-state index contributed by atoms with van der Waals surface area (Å²) >= 11 is 0. The number of carbonyl (C=O) groups is 1. The predicted molar refractivity (Wildman–Crippen MR) is 71.9 cm³/mol. The van der Waals surface area contributed by atoms with E-state index in [-0.39, 0.29) is 5.69 Å². The lowest BCUT2D eigenvalue weighted by atomic mass is 10.2. The fourth-order valence-corrected chi connectivity index (χ4v) is 2.48. The molecule has 0 saturated heterocycles. The van der Waals surface area contributed by atoms with E-state index in [2.05, 4.69) is 9.88 Å². The van der Waals surface area contributed by atoms with Gasteiger partial charge in [-0.2, -0.15) is 0 Å². The highest BCUT2D eigenvalue weighted by Gasteiger charge is 2.29. The maximum atomic E-state index is 10.9. The third-order valence-corrected chi connectivity index (χ3v) is 3.88. The first kappa shape index (κ1) is 12.6. The van der Waals surface area contributed by atoms with E-state index in [1.54, 1.807) is 12.3 Å². The molecule has 19 heavy (non-hydrogen) atoms. The van der Waals surface area contributed by atoms with Crippen LogP contribution >= 0.6 is 0 Å². The van der Waals surface area contributed by atoms with E-state index in [1.807, 2.05) is 6.07 Å². The lowest BCUT2D eigenvalue weighted by molar-refractivity contribution is 0.0690. The van der Waals surface area contributed by atoms with Crippen molar-refractivity contribution in [3.8, 4) is 0 Å². The van der Waals surface area contributed by atoms with Crippen LogP contribution in [0.4, 0.5) is 0 Å². The Morgan fingerprint density at radius 1 is 1.26 bits per heavy atom. The lowest BCUT2D eigenvalue weighted by Crippen LogP contribution is -2.28. The Morgan fingerprint density at radius 2 is 1.89 bits per heavy atom. The van der Waals surface area contributed by atoms with Crippen LogP contribution in [0.2, 0.25) is 0 Å². The highest BCUT2D eigenvalue weighted by Crippen LogP contribution is 2.34. The molecule has 0 bridgehead atoms. The van der Waals surface area contributed by atoms with Gasteiger partial charge in [0.15, 0.2) is 0 Å². The molecule has 0 spiro atoms. The molecule has 0 amide bonds. The monoisotopic (exact) mass is 260 g/mol. The largest absolute Gasteiger partial charge is 0.477 e. The van der Waals surface area contributed by atoms with Crippen molar-refractivity contribution in [2.45, 2.75) is 32.2 Å². The van der Waals surface area contributed by atoms with Gasteiger partial charge in [-0.3, -0.25) is 4.90 Å². The molecule has 0 radical (unpaired) electrons. The molecule has 1 aromatic rings. The number of carboxylic acid groups (broad SMARTS) is 1. The van der Waals surface area contributed by atoms with E-state index in [0.717, 1.165) is 23.9 Å². The van der Waals surface area contributed by atoms with Gasteiger partial charge in [-0.1, -0.05) is 0 Å². The topological polar surface area (TPSA) is 53.4 Å². The van der Waals surface area contributed by atoms with Gasteiger partial charge in [0, 0.05) is 25.8 Å². The summed E-state index contributed by atoms with van der Waals surface area (Å²) in [7, 11) is 0. The molecule has 0 unspecified atom stereocenters. The number of aromatic nitrogens is 1. The van der Waals surface area contributed by atoms with Crippen molar-refractivity contribution in [2.75, 3.05) is 13.1 Å². The summed E-state index contributed by atoms with van der Waals surface area (Å²) < 4.78 is 0. The van der Waals surface area contributed by atoms with Crippen LogP contribution in [0.25, 0.3) is 0 Å². The number of carboxylic acids is 1. The molecule has 102 valence electrons. The van der Waals surface area contributed by atoms with Crippen molar-refractivity contribution in [1.82, 2.24) is 9.88 Å². The van der Waals surface area contributed by atoms with Gasteiger partial charge in [-0.15, -0.1) is 0 Å². The number of hydrogen-bond donors (Lipinski definition) is 1. The number of nitrogens with zero attached hydrogens (tertiary/aromatic N) is 2. The molecule has 1 heterocycles. The Labute approximate surface area is 113 Å². The van der Waals surface area contributed by atoms with Crippen molar-refractivity contribution in [3.63, 3.8) is 0 Å². The molecule has 0 aliphatic heterocycles. The Balaban J connectivity index is 1.65. The number of hydrogen-bond acceptors (Lipinski definition) is 3. The quantitative estimate of drug-likeness (QED) is 0.818. The SMILES string of the molecule is O=C(O)c1cc(CN(CC2CC2)CC2CC2)ccn1.